The highest BCUT2D eigenvalue weighted by molar-refractivity contribution is 7.09. The van der Waals surface area contributed by atoms with Crippen molar-refractivity contribution in [1.82, 2.24) is 5.32 Å². The average molecular weight is 290 g/mol. The summed E-state index contributed by atoms with van der Waals surface area (Å²) in [6.07, 6.45) is 0.856. The second kappa shape index (κ2) is 7.55. The van der Waals surface area contributed by atoms with Crippen LogP contribution in [0.15, 0.2) is 41.8 Å². The molecule has 0 fully saturated rings. The lowest BCUT2D eigenvalue weighted by Crippen LogP contribution is -2.30. The van der Waals surface area contributed by atoms with Crippen molar-refractivity contribution in [2.75, 3.05) is 18.5 Å². The van der Waals surface area contributed by atoms with Crippen molar-refractivity contribution in [3.63, 3.8) is 0 Å². The van der Waals surface area contributed by atoms with Gasteiger partial charge in [0.2, 0.25) is 0 Å². The molecule has 0 saturated heterocycles. The van der Waals surface area contributed by atoms with E-state index in [9.17, 15) is 4.79 Å². The zero-order chi connectivity index (χ0) is 14.2. The number of nitrogens with one attached hydrogen (secondary N) is 2. The molecule has 0 spiro atoms. The summed E-state index contributed by atoms with van der Waals surface area (Å²) < 4.78 is 5.34. The van der Waals surface area contributed by atoms with Gasteiger partial charge in [0.1, 0.15) is 5.75 Å². The van der Waals surface area contributed by atoms with Crippen LogP contribution in [0, 0.1) is 0 Å². The van der Waals surface area contributed by atoms with Crippen molar-refractivity contribution in [2.45, 2.75) is 13.3 Å². The molecular formula is C15H18N2O2S. The van der Waals surface area contributed by atoms with E-state index in [0.29, 0.717) is 13.2 Å². The first-order chi connectivity index (χ1) is 9.78. The topological polar surface area (TPSA) is 50.4 Å². The van der Waals surface area contributed by atoms with Crippen LogP contribution in [0.5, 0.6) is 5.75 Å². The Bertz CT molecular complexity index is 523. The number of thiophene rings is 1. The monoisotopic (exact) mass is 290 g/mol. The van der Waals surface area contributed by atoms with E-state index < -0.39 is 0 Å². The van der Waals surface area contributed by atoms with Gasteiger partial charge < -0.3 is 15.4 Å². The highest BCUT2D eigenvalue weighted by atomic mass is 32.1. The van der Waals surface area contributed by atoms with E-state index in [1.54, 1.807) is 11.3 Å². The van der Waals surface area contributed by atoms with E-state index in [1.807, 2.05) is 42.6 Å². The zero-order valence-corrected chi connectivity index (χ0v) is 12.2. The molecule has 0 aliphatic rings. The Morgan fingerprint density at radius 3 is 2.70 bits per heavy atom. The molecule has 106 valence electrons. The van der Waals surface area contributed by atoms with Crippen LogP contribution in [0.4, 0.5) is 10.5 Å². The molecule has 1 heterocycles. The fraction of sp³-hybridized carbons (Fsp3) is 0.267. The maximum atomic E-state index is 11.7. The Kier molecular flexibility index (Phi) is 5.43. The summed E-state index contributed by atoms with van der Waals surface area (Å²) in [7, 11) is 0. The summed E-state index contributed by atoms with van der Waals surface area (Å²) in [5.41, 5.74) is 0.752. The minimum Gasteiger partial charge on any atom is -0.494 e. The maximum Gasteiger partial charge on any atom is 0.319 e. The van der Waals surface area contributed by atoms with Crippen molar-refractivity contribution in [3.8, 4) is 5.75 Å². The van der Waals surface area contributed by atoms with Crippen LogP contribution in [-0.2, 0) is 6.42 Å². The standard InChI is InChI=1S/C15H18N2O2S/c1-2-19-13-7-5-12(6-8-13)17-15(18)16-10-9-14-4-3-11-20-14/h3-8,11H,2,9-10H2,1H3,(H2,16,17,18). The van der Waals surface area contributed by atoms with Gasteiger partial charge in [0.15, 0.2) is 0 Å². The fourth-order valence-corrected chi connectivity index (χ4v) is 2.44. The maximum absolute atomic E-state index is 11.7. The van der Waals surface area contributed by atoms with Crippen molar-refractivity contribution in [2.24, 2.45) is 0 Å². The lowest BCUT2D eigenvalue weighted by molar-refractivity contribution is 0.252. The molecule has 1 aromatic carbocycles. The average Bonchev–Trinajstić information content (AvgIpc) is 2.94. The summed E-state index contributed by atoms with van der Waals surface area (Å²) in [5, 5.41) is 7.66. The molecule has 20 heavy (non-hydrogen) atoms. The van der Waals surface area contributed by atoms with Gasteiger partial charge in [-0.2, -0.15) is 0 Å². The predicted octanol–water partition coefficient (Wildman–Crippen LogP) is 3.51. The van der Waals surface area contributed by atoms with E-state index >= 15 is 0 Å². The molecule has 2 N–H and O–H groups in total. The predicted molar refractivity (Wildman–Crippen MR) is 82.7 cm³/mol. The molecule has 2 amide bonds. The van der Waals surface area contributed by atoms with Gasteiger partial charge >= 0.3 is 6.03 Å². The van der Waals surface area contributed by atoms with Crippen molar-refractivity contribution in [1.29, 1.82) is 0 Å². The highest BCUT2D eigenvalue weighted by Crippen LogP contribution is 2.15. The summed E-state index contributed by atoms with van der Waals surface area (Å²) in [5.74, 6) is 0.802. The van der Waals surface area contributed by atoms with E-state index in [2.05, 4.69) is 16.7 Å². The van der Waals surface area contributed by atoms with Gasteiger partial charge in [-0.05, 0) is 49.1 Å². The van der Waals surface area contributed by atoms with Gasteiger partial charge in [-0.3, -0.25) is 0 Å². The second-order valence-corrected chi connectivity index (χ2v) is 5.20. The number of benzene rings is 1. The van der Waals surface area contributed by atoms with Crippen LogP contribution >= 0.6 is 11.3 Å². The molecule has 0 aliphatic heterocycles. The lowest BCUT2D eigenvalue weighted by atomic mass is 10.3. The molecule has 2 rings (SSSR count). The number of rotatable bonds is 6. The van der Waals surface area contributed by atoms with Gasteiger partial charge in [-0.1, -0.05) is 6.07 Å². The molecule has 2 aromatic rings. The molecule has 5 heteroatoms. The van der Waals surface area contributed by atoms with Crippen LogP contribution in [-0.4, -0.2) is 19.2 Å². The van der Waals surface area contributed by atoms with Gasteiger partial charge in [-0.25, -0.2) is 4.79 Å². The van der Waals surface area contributed by atoms with E-state index in [4.69, 9.17) is 4.74 Å². The van der Waals surface area contributed by atoms with Crippen molar-refractivity contribution < 1.29 is 9.53 Å². The smallest absolute Gasteiger partial charge is 0.319 e. The Hall–Kier alpha value is -2.01. The minimum atomic E-state index is -0.189. The van der Waals surface area contributed by atoms with Gasteiger partial charge in [0.05, 0.1) is 6.61 Å². The molecule has 0 saturated carbocycles. The van der Waals surface area contributed by atoms with Crippen LogP contribution in [0.25, 0.3) is 0 Å². The largest absolute Gasteiger partial charge is 0.494 e. The first-order valence-electron chi connectivity index (χ1n) is 6.58. The molecule has 0 radical (unpaired) electrons. The normalized spacial score (nSPS) is 10.1. The number of amides is 2. The number of ether oxygens (including phenoxy) is 1. The zero-order valence-electron chi connectivity index (χ0n) is 11.4. The molecule has 0 unspecified atom stereocenters. The Morgan fingerprint density at radius 1 is 1.25 bits per heavy atom. The van der Waals surface area contributed by atoms with Crippen LogP contribution in [0.2, 0.25) is 0 Å². The second-order valence-electron chi connectivity index (χ2n) is 4.17. The van der Waals surface area contributed by atoms with E-state index in [0.717, 1.165) is 17.9 Å². The molecule has 1 aromatic heterocycles. The summed E-state index contributed by atoms with van der Waals surface area (Å²) in [6.45, 7) is 3.20. The molecular weight excluding hydrogens is 272 g/mol. The number of hydrogen-bond donors (Lipinski definition) is 2. The van der Waals surface area contributed by atoms with Crippen LogP contribution < -0.4 is 15.4 Å². The van der Waals surface area contributed by atoms with Crippen molar-refractivity contribution in [3.05, 3.63) is 46.7 Å². The Balaban J connectivity index is 1.73. The third kappa shape index (κ3) is 4.59. The number of anilines is 1. The molecule has 0 bridgehead atoms. The quantitative estimate of drug-likeness (QED) is 0.855. The first kappa shape index (κ1) is 14.4. The number of carbonyl (C=O) groups is 1. The van der Waals surface area contributed by atoms with Gasteiger partial charge in [0.25, 0.3) is 0 Å². The van der Waals surface area contributed by atoms with Gasteiger partial charge in [0, 0.05) is 17.1 Å². The molecule has 0 aliphatic carbocycles. The van der Waals surface area contributed by atoms with Crippen molar-refractivity contribution >= 4 is 23.1 Å². The van der Waals surface area contributed by atoms with Gasteiger partial charge in [-0.15, -0.1) is 11.3 Å². The minimum absolute atomic E-state index is 0.189. The summed E-state index contributed by atoms with van der Waals surface area (Å²) in [6, 6.07) is 11.2. The number of carbonyl (C=O) groups excluding carboxylic acids is 1. The van der Waals surface area contributed by atoms with Crippen LogP contribution in [0.3, 0.4) is 0 Å². The Labute approximate surface area is 122 Å². The van der Waals surface area contributed by atoms with E-state index in [-0.39, 0.29) is 6.03 Å². The fourth-order valence-electron chi connectivity index (χ4n) is 1.73. The number of urea groups is 1. The first-order valence-corrected chi connectivity index (χ1v) is 7.46. The SMILES string of the molecule is CCOc1ccc(NC(=O)NCCc2cccs2)cc1. The molecule has 4 nitrogen and oxygen atoms in total. The third-order valence-electron chi connectivity index (χ3n) is 2.66. The summed E-state index contributed by atoms with van der Waals surface area (Å²) >= 11 is 1.70. The molecule has 0 atom stereocenters. The lowest BCUT2D eigenvalue weighted by Gasteiger charge is -2.08. The van der Waals surface area contributed by atoms with Crippen LogP contribution in [0.1, 0.15) is 11.8 Å². The highest BCUT2D eigenvalue weighted by Gasteiger charge is 2.02. The number of hydrogen-bond acceptors (Lipinski definition) is 3. The Morgan fingerprint density at radius 2 is 2.05 bits per heavy atom. The third-order valence-corrected chi connectivity index (χ3v) is 3.60. The van der Waals surface area contributed by atoms with E-state index in [1.165, 1.54) is 4.88 Å². The summed E-state index contributed by atoms with van der Waals surface area (Å²) in [4.78, 5) is 13.0.